The molecule has 22 heavy (non-hydrogen) atoms. The van der Waals surface area contributed by atoms with Crippen LogP contribution in [0.4, 0.5) is 0 Å². The Morgan fingerprint density at radius 1 is 1.36 bits per heavy atom. The van der Waals surface area contributed by atoms with Gasteiger partial charge in [0.15, 0.2) is 0 Å². The number of carbonyl (C=O) groups is 1. The lowest BCUT2D eigenvalue weighted by atomic mass is 9.92. The number of piperidine rings is 1. The molecule has 6 heteroatoms. The van der Waals surface area contributed by atoms with E-state index >= 15 is 0 Å². The Kier molecular flexibility index (Phi) is 5.10. The van der Waals surface area contributed by atoms with Crippen LogP contribution in [0.5, 0.6) is 0 Å². The molecule has 1 N–H and O–H groups in total. The minimum atomic E-state index is 0.0974. The summed E-state index contributed by atoms with van der Waals surface area (Å²) in [6.07, 6.45) is 5.72. The lowest BCUT2D eigenvalue weighted by Gasteiger charge is -2.35. The molecule has 3 heterocycles. The Hall–Kier alpha value is -1.40. The molecule has 0 aliphatic carbocycles. The molecular formula is C16H25N3O3. The highest BCUT2D eigenvalue weighted by Gasteiger charge is 2.31. The number of aliphatic hydroxyl groups excluding tert-OH is 1. The zero-order valence-corrected chi connectivity index (χ0v) is 13.0. The maximum absolute atomic E-state index is 12.6. The van der Waals surface area contributed by atoms with Gasteiger partial charge in [-0.2, -0.15) is 5.10 Å². The smallest absolute Gasteiger partial charge is 0.225 e. The van der Waals surface area contributed by atoms with Crippen molar-refractivity contribution in [2.24, 2.45) is 5.92 Å². The van der Waals surface area contributed by atoms with Gasteiger partial charge in [-0.25, -0.2) is 0 Å². The predicted octanol–water partition coefficient (Wildman–Crippen LogP) is 1.01. The number of aromatic nitrogens is 2. The average Bonchev–Trinajstić information content (AvgIpc) is 3.04. The van der Waals surface area contributed by atoms with Crippen LogP contribution in [-0.2, 0) is 16.1 Å². The summed E-state index contributed by atoms with van der Waals surface area (Å²) in [4.78, 5) is 14.7. The van der Waals surface area contributed by atoms with Crippen molar-refractivity contribution in [2.45, 2.75) is 38.1 Å². The van der Waals surface area contributed by atoms with Gasteiger partial charge in [0.1, 0.15) is 0 Å². The van der Waals surface area contributed by atoms with Crippen LogP contribution in [0.25, 0.3) is 0 Å². The van der Waals surface area contributed by atoms with E-state index in [9.17, 15) is 4.79 Å². The third-order valence-corrected chi connectivity index (χ3v) is 4.71. The van der Waals surface area contributed by atoms with Crippen LogP contribution in [0.15, 0.2) is 12.3 Å². The first kappa shape index (κ1) is 15.5. The van der Waals surface area contributed by atoms with Crippen molar-refractivity contribution in [1.29, 1.82) is 0 Å². The summed E-state index contributed by atoms with van der Waals surface area (Å²) in [5.74, 6) is 0.750. The summed E-state index contributed by atoms with van der Waals surface area (Å²) in [5, 5.41) is 13.5. The molecule has 2 aliphatic heterocycles. The van der Waals surface area contributed by atoms with Crippen molar-refractivity contribution in [3.8, 4) is 0 Å². The predicted molar refractivity (Wildman–Crippen MR) is 81.4 cm³/mol. The fourth-order valence-corrected chi connectivity index (χ4v) is 3.44. The highest BCUT2D eigenvalue weighted by Crippen LogP contribution is 2.28. The lowest BCUT2D eigenvalue weighted by molar-refractivity contribution is -0.139. The maximum atomic E-state index is 12.6. The van der Waals surface area contributed by atoms with E-state index in [1.165, 1.54) is 0 Å². The van der Waals surface area contributed by atoms with E-state index in [4.69, 9.17) is 9.84 Å². The van der Waals surface area contributed by atoms with Crippen LogP contribution < -0.4 is 0 Å². The Morgan fingerprint density at radius 2 is 2.18 bits per heavy atom. The van der Waals surface area contributed by atoms with Gasteiger partial charge in [-0.1, -0.05) is 0 Å². The van der Waals surface area contributed by atoms with E-state index < -0.39 is 0 Å². The SMILES string of the molecule is O=C(C1CCOCC1)N1CCC[C@H](c2ccn(CCO)n2)C1. The van der Waals surface area contributed by atoms with Crippen molar-refractivity contribution < 1.29 is 14.6 Å². The second-order valence-electron chi connectivity index (χ2n) is 6.24. The fraction of sp³-hybridized carbons (Fsp3) is 0.750. The minimum Gasteiger partial charge on any atom is -0.394 e. The minimum absolute atomic E-state index is 0.0974. The summed E-state index contributed by atoms with van der Waals surface area (Å²) in [6.45, 7) is 3.67. The van der Waals surface area contributed by atoms with Crippen molar-refractivity contribution in [1.82, 2.24) is 14.7 Å². The normalized spacial score (nSPS) is 23.7. The van der Waals surface area contributed by atoms with Gasteiger partial charge in [0, 0.05) is 44.3 Å². The van der Waals surface area contributed by atoms with E-state index in [-0.39, 0.29) is 12.5 Å². The molecule has 1 aromatic heterocycles. The first-order valence-electron chi connectivity index (χ1n) is 8.28. The number of aliphatic hydroxyl groups is 1. The van der Waals surface area contributed by atoms with Crippen LogP contribution in [0.2, 0.25) is 0 Å². The molecule has 0 unspecified atom stereocenters. The van der Waals surface area contributed by atoms with Crippen LogP contribution in [0.3, 0.4) is 0 Å². The second kappa shape index (κ2) is 7.24. The lowest BCUT2D eigenvalue weighted by Crippen LogP contribution is -2.43. The molecule has 0 spiro atoms. The largest absolute Gasteiger partial charge is 0.394 e. The highest BCUT2D eigenvalue weighted by molar-refractivity contribution is 5.79. The number of ether oxygens (including phenoxy) is 1. The number of likely N-dealkylation sites (tertiary alicyclic amines) is 1. The number of rotatable bonds is 4. The number of nitrogens with zero attached hydrogens (tertiary/aromatic N) is 3. The standard InChI is InChI=1S/C16H25N3O3/c20-9-8-19-7-3-15(17-19)14-2-1-6-18(12-14)16(21)13-4-10-22-11-5-13/h3,7,13-14,20H,1-2,4-6,8-12H2/t14-/m0/s1. The highest BCUT2D eigenvalue weighted by atomic mass is 16.5. The molecule has 0 bridgehead atoms. The van der Waals surface area contributed by atoms with Crippen molar-refractivity contribution in [3.05, 3.63) is 18.0 Å². The van der Waals surface area contributed by atoms with Crippen LogP contribution in [0, 0.1) is 5.92 Å². The Labute approximate surface area is 131 Å². The zero-order chi connectivity index (χ0) is 15.4. The topological polar surface area (TPSA) is 67.6 Å². The summed E-state index contributed by atoms with van der Waals surface area (Å²) in [5.41, 5.74) is 1.04. The van der Waals surface area contributed by atoms with Crippen molar-refractivity contribution >= 4 is 5.91 Å². The molecule has 3 rings (SSSR count). The molecular weight excluding hydrogens is 282 g/mol. The number of hydrogen-bond donors (Lipinski definition) is 1. The Morgan fingerprint density at radius 3 is 2.95 bits per heavy atom. The molecule has 122 valence electrons. The molecule has 1 aromatic rings. The van der Waals surface area contributed by atoms with E-state index in [2.05, 4.69) is 5.10 Å². The van der Waals surface area contributed by atoms with E-state index in [0.29, 0.717) is 31.6 Å². The monoisotopic (exact) mass is 307 g/mol. The quantitative estimate of drug-likeness (QED) is 0.901. The third kappa shape index (κ3) is 3.50. The fourth-order valence-electron chi connectivity index (χ4n) is 3.44. The molecule has 1 atom stereocenters. The van der Waals surface area contributed by atoms with E-state index in [1.54, 1.807) is 4.68 Å². The second-order valence-corrected chi connectivity index (χ2v) is 6.24. The Balaban J connectivity index is 1.61. The zero-order valence-electron chi connectivity index (χ0n) is 13.0. The van der Waals surface area contributed by atoms with Gasteiger partial charge in [0.25, 0.3) is 0 Å². The summed E-state index contributed by atoms with van der Waals surface area (Å²) in [6, 6.07) is 2.02. The first-order valence-corrected chi connectivity index (χ1v) is 8.28. The van der Waals surface area contributed by atoms with Crippen molar-refractivity contribution in [2.75, 3.05) is 32.9 Å². The molecule has 1 amide bonds. The van der Waals surface area contributed by atoms with Gasteiger partial charge in [-0.3, -0.25) is 9.48 Å². The van der Waals surface area contributed by atoms with Gasteiger partial charge in [0.2, 0.25) is 5.91 Å². The molecule has 0 aromatic carbocycles. The van der Waals surface area contributed by atoms with E-state index in [0.717, 1.165) is 44.5 Å². The number of amides is 1. The van der Waals surface area contributed by atoms with Crippen molar-refractivity contribution in [3.63, 3.8) is 0 Å². The summed E-state index contributed by atoms with van der Waals surface area (Å²) >= 11 is 0. The maximum Gasteiger partial charge on any atom is 0.225 e. The van der Waals surface area contributed by atoms with E-state index in [1.807, 2.05) is 17.2 Å². The number of carbonyl (C=O) groups excluding carboxylic acids is 1. The Bertz CT molecular complexity index is 497. The molecule has 2 aliphatic rings. The van der Waals surface area contributed by atoms with Gasteiger partial charge >= 0.3 is 0 Å². The summed E-state index contributed by atoms with van der Waals surface area (Å²) < 4.78 is 7.12. The third-order valence-electron chi connectivity index (χ3n) is 4.71. The molecule has 0 saturated carbocycles. The van der Waals surface area contributed by atoms with Crippen LogP contribution >= 0.6 is 0 Å². The average molecular weight is 307 g/mol. The van der Waals surface area contributed by atoms with Gasteiger partial charge in [-0.15, -0.1) is 0 Å². The van der Waals surface area contributed by atoms with Crippen LogP contribution in [0.1, 0.15) is 37.3 Å². The van der Waals surface area contributed by atoms with Gasteiger partial charge in [0.05, 0.1) is 18.8 Å². The summed E-state index contributed by atoms with van der Waals surface area (Å²) in [7, 11) is 0. The molecule has 2 saturated heterocycles. The van der Waals surface area contributed by atoms with Crippen LogP contribution in [-0.4, -0.2) is 58.6 Å². The first-order chi connectivity index (χ1) is 10.8. The molecule has 6 nitrogen and oxygen atoms in total. The van der Waals surface area contributed by atoms with Gasteiger partial charge < -0.3 is 14.7 Å². The number of hydrogen-bond acceptors (Lipinski definition) is 4. The molecule has 2 fully saturated rings. The van der Waals surface area contributed by atoms with Gasteiger partial charge in [-0.05, 0) is 31.7 Å². The molecule has 0 radical (unpaired) electrons.